The van der Waals surface area contributed by atoms with E-state index < -0.39 is 5.97 Å². The van der Waals surface area contributed by atoms with Crippen molar-refractivity contribution >= 4 is 11.9 Å². The molecule has 0 spiro atoms. The minimum absolute atomic E-state index is 0.0528. The first kappa shape index (κ1) is 13.1. The molecule has 6 nitrogen and oxygen atoms in total. The van der Waals surface area contributed by atoms with Crippen molar-refractivity contribution in [2.24, 2.45) is 0 Å². The van der Waals surface area contributed by atoms with E-state index in [1.807, 2.05) is 0 Å². The number of hydrogen-bond donors (Lipinski definition) is 1. The molecular weight excluding hydrogens is 222 g/mol. The number of carbonyl (C=O) groups is 2. The highest BCUT2D eigenvalue weighted by atomic mass is 16.4. The van der Waals surface area contributed by atoms with Gasteiger partial charge in [0, 0.05) is 26.2 Å². The van der Waals surface area contributed by atoms with Gasteiger partial charge in [-0.15, -0.1) is 0 Å². The summed E-state index contributed by atoms with van der Waals surface area (Å²) in [5.41, 5.74) is 1.02. The molecule has 0 fully saturated rings. The maximum atomic E-state index is 11.8. The van der Waals surface area contributed by atoms with Crippen LogP contribution in [0.2, 0.25) is 0 Å². The molecule has 1 aromatic rings. The number of aryl methyl sites for hydroxylation is 1. The van der Waals surface area contributed by atoms with Crippen molar-refractivity contribution in [2.75, 3.05) is 13.6 Å². The van der Waals surface area contributed by atoms with Crippen molar-refractivity contribution in [3.05, 3.63) is 23.8 Å². The molecule has 0 aliphatic heterocycles. The molecule has 1 N–H and O–H groups in total. The van der Waals surface area contributed by atoms with Crippen LogP contribution in [0.1, 0.15) is 29.0 Å². The van der Waals surface area contributed by atoms with Crippen LogP contribution in [-0.2, 0) is 4.79 Å². The summed E-state index contributed by atoms with van der Waals surface area (Å²) in [7, 11) is 1.62. The first-order chi connectivity index (χ1) is 8.00. The van der Waals surface area contributed by atoms with E-state index in [4.69, 9.17) is 5.11 Å². The lowest BCUT2D eigenvalue weighted by atomic mass is 10.3. The summed E-state index contributed by atoms with van der Waals surface area (Å²) in [6.07, 6.45) is 3.43. The SMILES string of the molecule is Cc1cnc(C(=O)N(C)CCCC(=O)O)cn1. The van der Waals surface area contributed by atoms with E-state index in [1.165, 1.54) is 17.3 Å². The summed E-state index contributed by atoms with van der Waals surface area (Å²) < 4.78 is 0. The normalized spacial score (nSPS) is 10.0. The summed E-state index contributed by atoms with van der Waals surface area (Å²) in [4.78, 5) is 31.5. The fraction of sp³-hybridized carbons (Fsp3) is 0.455. The second-order valence-electron chi connectivity index (χ2n) is 3.77. The Bertz CT molecular complexity index is 403. The van der Waals surface area contributed by atoms with Crippen molar-refractivity contribution < 1.29 is 14.7 Å². The van der Waals surface area contributed by atoms with Crippen LogP contribution < -0.4 is 0 Å². The molecule has 1 aromatic heterocycles. The number of hydrogen-bond acceptors (Lipinski definition) is 4. The van der Waals surface area contributed by atoms with Crippen LogP contribution in [0.15, 0.2) is 12.4 Å². The van der Waals surface area contributed by atoms with Crippen LogP contribution in [-0.4, -0.2) is 45.4 Å². The van der Waals surface area contributed by atoms with Gasteiger partial charge in [-0.3, -0.25) is 14.6 Å². The zero-order valence-electron chi connectivity index (χ0n) is 9.88. The number of aromatic nitrogens is 2. The molecule has 0 radical (unpaired) electrons. The minimum atomic E-state index is -0.860. The van der Waals surface area contributed by atoms with E-state index in [0.29, 0.717) is 13.0 Å². The van der Waals surface area contributed by atoms with Gasteiger partial charge in [-0.1, -0.05) is 0 Å². The third kappa shape index (κ3) is 4.18. The van der Waals surface area contributed by atoms with E-state index in [0.717, 1.165) is 5.69 Å². The van der Waals surface area contributed by atoms with Crippen molar-refractivity contribution in [3.63, 3.8) is 0 Å². The van der Waals surface area contributed by atoms with Gasteiger partial charge in [0.1, 0.15) is 5.69 Å². The molecule has 0 aliphatic rings. The lowest BCUT2D eigenvalue weighted by Crippen LogP contribution is -2.29. The van der Waals surface area contributed by atoms with Crippen LogP contribution in [0.4, 0.5) is 0 Å². The maximum Gasteiger partial charge on any atom is 0.303 e. The average Bonchev–Trinajstić information content (AvgIpc) is 2.28. The lowest BCUT2D eigenvalue weighted by molar-refractivity contribution is -0.137. The van der Waals surface area contributed by atoms with Gasteiger partial charge in [0.25, 0.3) is 5.91 Å². The molecular formula is C11H15N3O3. The molecule has 0 unspecified atom stereocenters. The summed E-state index contributed by atoms with van der Waals surface area (Å²) >= 11 is 0. The molecule has 92 valence electrons. The largest absolute Gasteiger partial charge is 0.481 e. The second-order valence-corrected chi connectivity index (χ2v) is 3.77. The Balaban J connectivity index is 2.51. The molecule has 0 bridgehead atoms. The number of carboxylic acid groups (broad SMARTS) is 1. The Morgan fingerprint density at radius 3 is 2.59 bits per heavy atom. The fourth-order valence-corrected chi connectivity index (χ4v) is 1.27. The van der Waals surface area contributed by atoms with Crippen LogP contribution in [0.25, 0.3) is 0 Å². The summed E-state index contributed by atoms with van der Waals surface area (Å²) in [5, 5.41) is 8.49. The predicted octanol–water partition coefficient (Wildman–Crippen LogP) is 0.722. The summed E-state index contributed by atoms with van der Waals surface area (Å²) in [6, 6.07) is 0. The first-order valence-corrected chi connectivity index (χ1v) is 5.26. The van der Waals surface area contributed by atoms with Gasteiger partial charge in [-0.05, 0) is 13.3 Å². The van der Waals surface area contributed by atoms with Gasteiger partial charge in [0.05, 0.1) is 11.9 Å². The minimum Gasteiger partial charge on any atom is -0.481 e. The van der Waals surface area contributed by atoms with Gasteiger partial charge in [0.15, 0.2) is 0 Å². The van der Waals surface area contributed by atoms with Gasteiger partial charge in [-0.2, -0.15) is 0 Å². The quantitative estimate of drug-likeness (QED) is 0.815. The topological polar surface area (TPSA) is 83.4 Å². The van der Waals surface area contributed by atoms with Gasteiger partial charge in [0.2, 0.25) is 0 Å². The van der Waals surface area contributed by atoms with Crippen molar-refractivity contribution in [1.82, 2.24) is 14.9 Å². The zero-order chi connectivity index (χ0) is 12.8. The Kier molecular flexibility index (Phi) is 4.56. The molecule has 1 heterocycles. The molecule has 1 amide bonds. The predicted molar refractivity (Wildman–Crippen MR) is 60.6 cm³/mol. The number of rotatable bonds is 5. The number of nitrogens with zero attached hydrogens (tertiary/aromatic N) is 3. The molecule has 6 heteroatoms. The van der Waals surface area contributed by atoms with Gasteiger partial charge in [-0.25, -0.2) is 4.98 Å². The van der Waals surface area contributed by atoms with E-state index in [2.05, 4.69) is 9.97 Å². The first-order valence-electron chi connectivity index (χ1n) is 5.26. The Labute approximate surface area is 99.3 Å². The number of amides is 1. The smallest absolute Gasteiger partial charge is 0.303 e. The van der Waals surface area contributed by atoms with E-state index >= 15 is 0 Å². The van der Waals surface area contributed by atoms with Crippen LogP contribution >= 0.6 is 0 Å². The molecule has 0 atom stereocenters. The number of carbonyl (C=O) groups excluding carboxylic acids is 1. The second kappa shape index (κ2) is 5.93. The van der Waals surface area contributed by atoms with Crippen molar-refractivity contribution in [1.29, 1.82) is 0 Å². The van der Waals surface area contributed by atoms with Crippen molar-refractivity contribution in [2.45, 2.75) is 19.8 Å². The monoisotopic (exact) mass is 237 g/mol. The highest BCUT2D eigenvalue weighted by Crippen LogP contribution is 2.01. The molecule has 0 aromatic carbocycles. The van der Waals surface area contributed by atoms with E-state index in [-0.39, 0.29) is 18.0 Å². The highest BCUT2D eigenvalue weighted by Gasteiger charge is 2.13. The highest BCUT2D eigenvalue weighted by molar-refractivity contribution is 5.91. The van der Waals surface area contributed by atoms with Crippen LogP contribution in [0, 0.1) is 6.92 Å². The summed E-state index contributed by atoms with van der Waals surface area (Å²) in [6.45, 7) is 2.18. The third-order valence-corrected chi connectivity index (χ3v) is 2.23. The van der Waals surface area contributed by atoms with Gasteiger partial charge >= 0.3 is 5.97 Å². The maximum absolute atomic E-state index is 11.8. The van der Waals surface area contributed by atoms with E-state index in [9.17, 15) is 9.59 Å². The van der Waals surface area contributed by atoms with E-state index in [1.54, 1.807) is 14.0 Å². The van der Waals surface area contributed by atoms with Crippen LogP contribution in [0.5, 0.6) is 0 Å². The molecule has 17 heavy (non-hydrogen) atoms. The standard InChI is InChI=1S/C11H15N3O3/c1-8-6-13-9(7-12-8)11(17)14(2)5-3-4-10(15)16/h6-7H,3-5H2,1-2H3,(H,15,16). The molecule has 0 saturated heterocycles. The lowest BCUT2D eigenvalue weighted by Gasteiger charge is -2.15. The average molecular weight is 237 g/mol. The molecule has 0 saturated carbocycles. The molecule has 0 aliphatic carbocycles. The van der Waals surface area contributed by atoms with Gasteiger partial charge < -0.3 is 10.0 Å². The third-order valence-electron chi connectivity index (χ3n) is 2.23. The number of carboxylic acids is 1. The fourth-order valence-electron chi connectivity index (χ4n) is 1.27. The Hall–Kier alpha value is -1.98. The summed E-state index contributed by atoms with van der Waals surface area (Å²) in [5.74, 6) is -1.11. The zero-order valence-corrected chi connectivity index (χ0v) is 9.88. The molecule has 1 rings (SSSR count). The number of aliphatic carboxylic acids is 1. The Morgan fingerprint density at radius 2 is 2.06 bits per heavy atom. The Morgan fingerprint density at radius 1 is 1.35 bits per heavy atom. The van der Waals surface area contributed by atoms with Crippen molar-refractivity contribution in [3.8, 4) is 0 Å². The van der Waals surface area contributed by atoms with Crippen LogP contribution in [0.3, 0.4) is 0 Å².